The van der Waals surface area contributed by atoms with E-state index in [9.17, 15) is 9.59 Å². The maximum atomic E-state index is 12.4. The number of benzene rings is 1. The average Bonchev–Trinajstić information content (AvgIpc) is 3.17. The third kappa shape index (κ3) is 3.59. The first-order chi connectivity index (χ1) is 11.6. The predicted molar refractivity (Wildman–Crippen MR) is 88.8 cm³/mol. The Labute approximate surface area is 140 Å². The second kappa shape index (κ2) is 7.21. The molecule has 0 saturated carbocycles. The first kappa shape index (κ1) is 16.1. The molecule has 0 bridgehead atoms. The zero-order valence-electron chi connectivity index (χ0n) is 13.6. The van der Waals surface area contributed by atoms with Crippen LogP contribution < -0.4 is 4.90 Å². The Kier molecular flexibility index (Phi) is 4.84. The van der Waals surface area contributed by atoms with E-state index in [0.29, 0.717) is 13.1 Å². The topological polar surface area (TPSA) is 63.0 Å². The highest BCUT2D eigenvalue weighted by Gasteiger charge is 2.28. The van der Waals surface area contributed by atoms with Crippen LogP contribution in [0.4, 0.5) is 5.69 Å². The molecule has 0 radical (unpaired) electrons. The number of hydrogen-bond donors (Lipinski definition) is 0. The summed E-state index contributed by atoms with van der Waals surface area (Å²) in [5.41, 5.74) is 1.15. The molecule has 0 spiro atoms. The van der Waals surface area contributed by atoms with Gasteiger partial charge in [-0.3, -0.25) is 4.79 Å². The Balaban J connectivity index is 1.52. The first-order valence-corrected chi connectivity index (χ1v) is 7.98. The van der Waals surface area contributed by atoms with Crippen molar-refractivity contribution in [3.8, 4) is 0 Å². The highest BCUT2D eigenvalue weighted by molar-refractivity contribution is 5.90. The largest absolute Gasteiger partial charge is 0.457 e. The molecule has 1 atom stereocenters. The molecule has 1 saturated heterocycles. The van der Waals surface area contributed by atoms with E-state index in [1.165, 1.54) is 12.3 Å². The normalized spacial score (nSPS) is 15.9. The average molecular weight is 328 g/mol. The SMILES string of the molecule is CC(OC(=O)c1ccco1)C(=O)N1CCN(c2ccccc2)CC1. The molecular formula is C18H20N2O4. The fourth-order valence-electron chi connectivity index (χ4n) is 2.74. The van der Waals surface area contributed by atoms with Gasteiger partial charge in [0.2, 0.25) is 5.76 Å². The molecule has 126 valence electrons. The summed E-state index contributed by atoms with van der Waals surface area (Å²) in [6.07, 6.45) is 0.567. The van der Waals surface area contributed by atoms with Gasteiger partial charge in [0, 0.05) is 31.9 Å². The quantitative estimate of drug-likeness (QED) is 0.805. The van der Waals surface area contributed by atoms with E-state index in [0.717, 1.165) is 18.8 Å². The van der Waals surface area contributed by atoms with E-state index < -0.39 is 12.1 Å². The predicted octanol–water partition coefficient (Wildman–Crippen LogP) is 2.17. The number of piperazine rings is 1. The van der Waals surface area contributed by atoms with Crippen molar-refractivity contribution in [2.45, 2.75) is 13.0 Å². The van der Waals surface area contributed by atoms with Crippen LogP contribution >= 0.6 is 0 Å². The molecule has 0 aliphatic carbocycles. The molecule has 1 amide bonds. The Hall–Kier alpha value is -2.76. The zero-order valence-corrected chi connectivity index (χ0v) is 13.6. The third-order valence-corrected chi connectivity index (χ3v) is 4.07. The smallest absolute Gasteiger partial charge is 0.374 e. The number of furan rings is 1. The summed E-state index contributed by atoms with van der Waals surface area (Å²) in [7, 11) is 0. The van der Waals surface area contributed by atoms with Crippen molar-refractivity contribution in [3.63, 3.8) is 0 Å². The lowest BCUT2D eigenvalue weighted by Crippen LogP contribution is -2.51. The molecule has 0 N–H and O–H groups in total. The van der Waals surface area contributed by atoms with Crippen LogP contribution in [-0.4, -0.2) is 49.1 Å². The summed E-state index contributed by atoms with van der Waals surface area (Å²) < 4.78 is 10.2. The van der Waals surface area contributed by atoms with Gasteiger partial charge in [-0.25, -0.2) is 4.79 Å². The van der Waals surface area contributed by atoms with E-state index in [1.54, 1.807) is 17.9 Å². The Morgan fingerprint density at radius 1 is 1.04 bits per heavy atom. The second-order valence-electron chi connectivity index (χ2n) is 5.67. The maximum Gasteiger partial charge on any atom is 0.374 e. The Bertz CT molecular complexity index is 676. The lowest BCUT2D eigenvalue weighted by atomic mass is 10.2. The molecule has 6 heteroatoms. The number of amides is 1. The van der Waals surface area contributed by atoms with Gasteiger partial charge in [-0.05, 0) is 31.2 Å². The molecule has 1 aliphatic rings. The fourth-order valence-corrected chi connectivity index (χ4v) is 2.74. The number of ether oxygens (including phenoxy) is 1. The third-order valence-electron chi connectivity index (χ3n) is 4.07. The van der Waals surface area contributed by atoms with Crippen molar-refractivity contribution in [1.29, 1.82) is 0 Å². The highest BCUT2D eigenvalue weighted by Crippen LogP contribution is 2.16. The summed E-state index contributed by atoms with van der Waals surface area (Å²) >= 11 is 0. The molecule has 1 unspecified atom stereocenters. The Morgan fingerprint density at radius 2 is 1.75 bits per heavy atom. The number of anilines is 1. The van der Waals surface area contributed by atoms with Crippen LogP contribution in [0.2, 0.25) is 0 Å². The minimum atomic E-state index is -0.828. The van der Waals surface area contributed by atoms with E-state index in [1.807, 2.05) is 18.2 Å². The van der Waals surface area contributed by atoms with Crippen molar-refractivity contribution in [2.75, 3.05) is 31.1 Å². The number of carbonyl (C=O) groups is 2. The standard InChI is InChI=1S/C18H20N2O4/c1-14(24-18(22)16-8-5-13-23-16)17(21)20-11-9-19(10-12-20)15-6-3-2-4-7-15/h2-8,13-14H,9-12H2,1H3. The van der Waals surface area contributed by atoms with E-state index >= 15 is 0 Å². The van der Waals surface area contributed by atoms with Crippen molar-refractivity contribution in [1.82, 2.24) is 4.90 Å². The van der Waals surface area contributed by atoms with Crippen LogP contribution in [0.15, 0.2) is 53.1 Å². The van der Waals surface area contributed by atoms with Crippen LogP contribution in [0.5, 0.6) is 0 Å². The summed E-state index contributed by atoms with van der Waals surface area (Å²) in [5.74, 6) is -0.699. The van der Waals surface area contributed by atoms with Gasteiger partial charge < -0.3 is 19.0 Å². The van der Waals surface area contributed by atoms with Crippen molar-refractivity contribution in [3.05, 3.63) is 54.5 Å². The molecule has 6 nitrogen and oxygen atoms in total. The Morgan fingerprint density at radius 3 is 2.38 bits per heavy atom. The molecule has 2 aromatic rings. The highest BCUT2D eigenvalue weighted by atomic mass is 16.6. The van der Waals surface area contributed by atoms with Crippen LogP contribution in [0.1, 0.15) is 17.5 Å². The van der Waals surface area contributed by atoms with E-state index in [2.05, 4.69) is 17.0 Å². The van der Waals surface area contributed by atoms with Gasteiger partial charge >= 0.3 is 5.97 Å². The van der Waals surface area contributed by atoms with Crippen LogP contribution in [0.3, 0.4) is 0 Å². The van der Waals surface area contributed by atoms with Gasteiger partial charge in [0.05, 0.1) is 6.26 Å². The minimum Gasteiger partial charge on any atom is -0.457 e. The number of carbonyl (C=O) groups excluding carboxylic acids is 2. The van der Waals surface area contributed by atoms with Crippen molar-refractivity contribution >= 4 is 17.6 Å². The number of esters is 1. The van der Waals surface area contributed by atoms with Crippen LogP contribution in [0, 0.1) is 0 Å². The molecule has 24 heavy (non-hydrogen) atoms. The summed E-state index contributed by atoms with van der Waals surface area (Å²) in [6, 6.07) is 13.2. The molecule has 3 rings (SSSR count). The van der Waals surface area contributed by atoms with Gasteiger partial charge in [-0.1, -0.05) is 18.2 Å². The first-order valence-electron chi connectivity index (χ1n) is 7.98. The van der Waals surface area contributed by atoms with Crippen molar-refractivity contribution in [2.24, 2.45) is 0 Å². The number of para-hydroxylation sites is 1. The molecule has 1 aliphatic heterocycles. The lowest BCUT2D eigenvalue weighted by molar-refractivity contribution is -0.140. The van der Waals surface area contributed by atoms with Gasteiger partial charge in [0.25, 0.3) is 5.91 Å². The number of nitrogens with zero attached hydrogens (tertiary/aromatic N) is 2. The molecule has 2 heterocycles. The summed E-state index contributed by atoms with van der Waals surface area (Å²) in [6.45, 7) is 4.32. The van der Waals surface area contributed by atoms with Crippen molar-refractivity contribution < 1.29 is 18.7 Å². The van der Waals surface area contributed by atoms with Crippen LogP contribution in [0.25, 0.3) is 0 Å². The summed E-state index contributed by atoms with van der Waals surface area (Å²) in [5, 5.41) is 0. The monoisotopic (exact) mass is 328 g/mol. The van der Waals surface area contributed by atoms with Crippen LogP contribution in [-0.2, 0) is 9.53 Å². The fraction of sp³-hybridized carbons (Fsp3) is 0.333. The zero-order chi connectivity index (χ0) is 16.9. The second-order valence-corrected chi connectivity index (χ2v) is 5.67. The molecule has 1 aromatic heterocycles. The molecule has 1 aromatic carbocycles. The maximum absolute atomic E-state index is 12.4. The van der Waals surface area contributed by atoms with Gasteiger partial charge in [0.15, 0.2) is 6.10 Å². The number of rotatable bonds is 4. The molecular weight excluding hydrogens is 308 g/mol. The van der Waals surface area contributed by atoms with Gasteiger partial charge in [-0.15, -0.1) is 0 Å². The minimum absolute atomic E-state index is 0.101. The number of hydrogen-bond acceptors (Lipinski definition) is 5. The molecule has 1 fully saturated rings. The van der Waals surface area contributed by atoms with Gasteiger partial charge in [0.1, 0.15) is 0 Å². The lowest BCUT2D eigenvalue weighted by Gasteiger charge is -2.36. The van der Waals surface area contributed by atoms with Gasteiger partial charge in [-0.2, -0.15) is 0 Å². The van der Waals surface area contributed by atoms with E-state index in [4.69, 9.17) is 9.15 Å². The van der Waals surface area contributed by atoms with E-state index in [-0.39, 0.29) is 11.7 Å². The summed E-state index contributed by atoms with van der Waals surface area (Å²) in [4.78, 5) is 28.3.